The number of ether oxygens (including phenoxy) is 2. The third-order valence-electron chi connectivity index (χ3n) is 3.99. The van der Waals surface area contributed by atoms with E-state index >= 15 is 0 Å². The topological polar surface area (TPSA) is 71.9 Å². The molecule has 2 heterocycles. The zero-order valence-electron chi connectivity index (χ0n) is 17.8. The highest BCUT2D eigenvalue weighted by molar-refractivity contribution is 14.0. The van der Waals surface area contributed by atoms with Crippen LogP contribution in [-0.2, 0) is 17.8 Å². The predicted molar refractivity (Wildman–Crippen MR) is 125 cm³/mol. The number of hydrogen-bond acceptors (Lipinski definition) is 6. The molecule has 0 fully saturated rings. The summed E-state index contributed by atoms with van der Waals surface area (Å²) in [5.41, 5.74) is 1.35. The van der Waals surface area contributed by atoms with Crippen LogP contribution < -0.4 is 10.1 Å². The molecule has 1 N–H and O–H groups in total. The molecule has 0 spiro atoms. The Kier molecular flexibility index (Phi) is 11.5. The molecule has 0 aromatic carbocycles. The van der Waals surface area contributed by atoms with Crippen molar-refractivity contribution in [3.63, 3.8) is 0 Å². The lowest BCUT2D eigenvalue weighted by Crippen LogP contribution is -2.38. The van der Waals surface area contributed by atoms with Crippen molar-refractivity contribution in [1.82, 2.24) is 20.2 Å². The van der Waals surface area contributed by atoms with Crippen molar-refractivity contribution in [3.05, 3.63) is 40.0 Å². The lowest BCUT2D eigenvalue weighted by molar-refractivity contribution is -0.154. The van der Waals surface area contributed by atoms with Gasteiger partial charge in [-0.3, -0.25) is 0 Å². The van der Waals surface area contributed by atoms with Crippen molar-refractivity contribution in [2.75, 3.05) is 27.3 Å². The number of halogens is 4. The summed E-state index contributed by atoms with van der Waals surface area (Å²) in [7, 11) is 3.50. The molecule has 0 aliphatic heterocycles. The molecular weight excluding hydrogens is 546 g/mol. The van der Waals surface area contributed by atoms with E-state index in [1.807, 2.05) is 31.2 Å². The maximum absolute atomic E-state index is 12.5. The smallest absolute Gasteiger partial charge is 0.422 e. The van der Waals surface area contributed by atoms with Crippen LogP contribution in [0.15, 0.2) is 28.7 Å². The molecule has 0 aliphatic rings. The summed E-state index contributed by atoms with van der Waals surface area (Å²) >= 11 is 1.53. The number of hydrogen-bond donors (Lipinski definition) is 1. The fourth-order valence-corrected chi connectivity index (χ4v) is 3.30. The summed E-state index contributed by atoms with van der Waals surface area (Å²) in [6.45, 7) is 3.75. The highest BCUT2D eigenvalue weighted by Gasteiger charge is 2.29. The fraction of sp³-hybridized carbons (Fsp3) is 0.526. The maximum atomic E-state index is 12.5. The zero-order valence-corrected chi connectivity index (χ0v) is 20.9. The normalized spacial score (nSPS) is 12.8. The van der Waals surface area contributed by atoms with Gasteiger partial charge in [0.1, 0.15) is 11.1 Å². The average Bonchev–Trinajstić information content (AvgIpc) is 3.17. The van der Waals surface area contributed by atoms with Crippen molar-refractivity contribution >= 4 is 41.3 Å². The molecule has 2 rings (SSSR count). The number of aromatic nitrogens is 2. The predicted octanol–water partition coefficient (Wildman–Crippen LogP) is 4.40. The lowest BCUT2D eigenvalue weighted by Gasteiger charge is -2.21. The second kappa shape index (κ2) is 13.0. The molecule has 7 nitrogen and oxygen atoms in total. The highest BCUT2D eigenvalue weighted by atomic mass is 127. The van der Waals surface area contributed by atoms with Gasteiger partial charge in [0.2, 0.25) is 5.88 Å². The quantitative estimate of drug-likeness (QED) is 0.273. The summed E-state index contributed by atoms with van der Waals surface area (Å²) in [4.78, 5) is 14.9. The first-order valence-corrected chi connectivity index (χ1v) is 10.2. The van der Waals surface area contributed by atoms with E-state index in [4.69, 9.17) is 9.47 Å². The Bertz CT molecular complexity index is 835. The Labute approximate surface area is 201 Å². The number of nitrogens with zero attached hydrogens (tertiary/aromatic N) is 4. The summed E-state index contributed by atoms with van der Waals surface area (Å²) in [5, 5.41) is 6.04. The number of thiazole rings is 1. The first-order chi connectivity index (χ1) is 14.2. The summed E-state index contributed by atoms with van der Waals surface area (Å²) < 4.78 is 47.5. The second-order valence-corrected chi connectivity index (χ2v) is 7.34. The molecule has 2 aromatic rings. The van der Waals surface area contributed by atoms with Gasteiger partial charge in [0.05, 0.1) is 18.8 Å². The van der Waals surface area contributed by atoms with Crippen LogP contribution in [0.2, 0.25) is 0 Å². The third-order valence-corrected chi connectivity index (χ3v) is 5.04. The number of guanidine groups is 1. The van der Waals surface area contributed by atoms with Gasteiger partial charge in [-0.1, -0.05) is 6.07 Å². The van der Waals surface area contributed by atoms with Crippen LogP contribution in [-0.4, -0.2) is 54.3 Å². The van der Waals surface area contributed by atoms with Crippen molar-refractivity contribution in [3.8, 4) is 5.88 Å². The monoisotopic (exact) mass is 573 g/mol. The van der Waals surface area contributed by atoms with E-state index in [9.17, 15) is 13.2 Å². The van der Waals surface area contributed by atoms with Crippen LogP contribution in [0.25, 0.3) is 0 Å². The van der Waals surface area contributed by atoms with Crippen LogP contribution in [0.4, 0.5) is 13.2 Å². The largest absolute Gasteiger partial charge is 0.468 e. The van der Waals surface area contributed by atoms with Crippen molar-refractivity contribution in [1.29, 1.82) is 0 Å². The van der Waals surface area contributed by atoms with E-state index in [2.05, 4.69) is 20.3 Å². The summed E-state index contributed by atoms with van der Waals surface area (Å²) in [6.07, 6.45) is -3.12. The number of pyridine rings is 1. The summed E-state index contributed by atoms with van der Waals surface area (Å²) in [6, 6.07) is 3.28. The molecule has 0 saturated heterocycles. The van der Waals surface area contributed by atoms with Crippen LogP contribution in [0.5, 0.6) is 5.88 Å². The Balaban J connectivity index is 0.00000480. The molecule has 0 radical (unpaired) electrons. The molecule has 12 heteroatoms. The third kappa shape index (κ3) is 9.15. The Morgan fingerprint density at radius 1 is 1.39 bits per heavy atom. The van der Waals surface area contributed by atoms with Gasteiger partial charge in [-0.05, 0) is 19.9 Å². The van der Waals surface area contributed by atoms with Gasteiger partial charge < -0.3 is 19.7 Å². The minimum atomic E-state index is -4.43. The van der Waals surface area contributed by atoms with Gasteiger partial charge in [-0.25, -0.2) is 15.0 Å². The second-order valence-electron chi connectivity index (χ2n) is 6.45. The van der Waals surface area contributed by atoms with Gasteiger partial charge in [-0.2, -0.15) is 13.2 Å². The fourth-order valence-electron chi connectivity index (χ4n) is 2.46. The number of alkyl halides is 3. The number of aliphatic imine (C=N–C) groups is 1. The lowest BCUT2D eigenvalue weighted by atomic mass is 10.3. The Hall–Kier alpha value is -1.67. The minimum Gasteiger partial charge on any atom is -0.468 e. The average molecular weight is 573 g/mol. The van der Waals surface area contributed by atoms with Crippen molar-refractivity contribution in [2.24, 2.45) is 4.99 Å². The van der Waals surface area contributed by atoms with E-state index < -0.39 is 12.8 Å². The molecule has 1 atom stereocenters. The van der Waals surface area contributed by atoms with E-state index in [1.54, 1.807) is 19.2 Å². The van der Waals surface area contributed by atoms with Crippen LogP contribution >= 0.6 is 35.3 Å². The van der Waals surface area contributed by atoms with Crippen LogP contribution in [0, 0.1) is 0 Å². The Morgan fingerprint density at radius 2 is 2.13 bits per heavy atom. The first-order valence-electron chi connectivity index (χ1n) is 9.33. The Morgan fingerprint density at radius 3 is 2.77 bits per heavy atom. The van der Waals surface area contributed by atoms with Gasteiger partial charge in [0.15, 0.2) is 12.6 Å². The molecule has 0 amide bonds. The van der Waals surface area contributed by atoms with E-state index in [0.29, 0.717) is 24.6 Å². The van der Waals surface area contributed by atoms with E-state index in [1.165, 1.54) is 17.5 Å². The van der Waals surface area contributed by atoms with Gasteiger partial charge >= 0.3 is 6.18 Å². The maximum Gasteiger partial charge on any atom is 0.422 e. The van der Waals surface area contributed by atoms with E-state index in [0.717, 1.165) is 10.7 Å². The molecule has 1 unspecified atom stereocenters. The molecule has 0 aliphatic carbocycles. The molecule has 174 valence electrons. The number of rotatable bonds is 9. The van der Waals surface area contributed by atoms with Gasteiger partial charge in [0.25, 0.3) is 0 Å². The number of nitrogens with one attached hydrogen (secondary N) is 1. The van der Waals surface area contributed by atoms with Gasteiger partial charge in [0, 0.05) is 37.8 Å². The molecule has 2 aromatic heterocycles. The molecule has 0 saturated carbocycles. The van der Waals surface area contributed by atoms with Crippen molar-refractivity contribution < 1.29 is 22.6 Å². The van der Waals surface area contributed by atoms with Crippen LogP contribution in [0.1, 0.15) is 36.2 Å². The van der Waals surface area contributed by atoms with E-state index in [-0.39, 0.29) is 42.5 Å². The summed E-state index contributed by atoms with van der Waals surface area (Å²) in [5.74, 6) is 0.521. The van der Waals surface area contributed by atoms with Crippen LogP contribution in [0.3, 0.4) is 0 Å². The molecular formula is C19H27F3IN5O2S. The SMILES string of the molecule is CCNC(=NCc1cccnc1OCC(F)(F)F)N(C)Cc1csc(C(C)OC)n1.I. The molecule has 0 bridgehead atoms. The van der Waals surface area contributed by atoms with Crippen molar-refractivity contribution in [2.45, 2.75) is 39.2 Å². The first kappa shape index (κ1) is 27.4. The number of methoxy groups -OCH3 is 1. The molecule has 31 heavy (non-hydrogen) atoms. The minimum absolute atomic E-state index is 0. The standard InChI is InChI=1S/C19H26F3N5O2S.HI/c1-5-23-18(27(3)10-15-11-30-17(26-15)13(2)28-4)25-9-14-7-6-8-24-16(14)29-12-19(20,21)22;/h6-8,11,13H,5,9-10,12H2,1-4H3,(H,23,25);1H. The zero-order chi connectivity index (χ0) is 22.1. The highest BCUT2D eigenvalue weighted by Crippen LogP contribution is 2.22. The van der Waals surface area contributed by atoms with Gasteiger partial charge in [-0.15, -0.1) is 35.3 Å².